The first-order valence-corrected chi connectivity index (χ1v) is 10.9. The van der Waals surface area contributed by atoms with Crippen LogP contribution in [-0.2, 0) is 0 Å². The molecule has 0 aliphatic rings. The van der Waals surface area contributed by atoms with E-state index >= 15 is 0 Å². The number of carbonyl (C=O) groups is 1. The van der Waals surface area contributed by atoms with Crippen molar-refractivity contribution in [2.24, 2.45) is 0 Å². The average molecular weight is 454 g/mol. The summed E-state index contributed by atoms with van der Waals surface area (Å²) in [7, 11) is 0. The molecule has 2 aromatic carbocycles. The lowest BCUT2D eigenvalue weighted by atomic mass is 10.00. The highest BCUT2D eigenvalue weighted by Gasteiger charge is 2.21. The van der Waals surface area contributed by atoms with Gasteiger partial charge in [0.05, 0.1) is 5.02 Å². The van der Waals surface area contributed by atoms with Crippen LogP contribution in [0, 0.1) is 0 Å². The van der Waals surface area contributed by atoms with Crippen LogP contribution in [0.2, 0.25) is 10.0 Å². The van der Waals surface area contributed by atoms with E-state index in [-0.39, 0.29) is 17.8 Å². The number of halogens is 2. The van der Waals surface area contributed by atoms with Gasteiger partial charge in [-0.2, -0.15) is 9.61 Å². The SMILES string of the molecule is CCC(CC)NC(=O)c1nnc2cc(-c3ccc(Cl)cc3)c(-c3ccccc3Cl)nn12. The average Bonchev–Trinajstić information content (AvgIpc) is 3.20. The lowest BCUT2D eigenvalue weighted by molar-refractivity contribution is 0.0922. The van der Waals surface area contributed by atoms with Gasteiger partial charge in [0.15, 0.2) is 5.65 Å². The van der Waals surface area contributed by atoms with E-state index in [1.165, 1.54) is 4.52 Å². The molecule has 8 heteroatoms. The van der Waals surface area contributed by atoms with Crippen molar-refractivity contribution in [3.05, 3.63) is 70.5 Å². The fraction of sp³-hybridized carbons (Fsp3) is 0.217. The molecule has 6 nitrogen and oxygen atoms in total. The Balaban J connectivity index is 1.90. The summed E-state index contributed by atoms with van der Waals surface area (Å²) in [5.41, 5.74) is 3.56. The Morgan fingerprint density at radius 2 is 1.71 bits per heavy atom. The Morgan fingerprint density at radius 1 is 1.00 bits per heavy atom. The summed E-state index contributed by atoms with van der Waals surface area (Å²) in [5.74, 6) is -0.170. The number of hydrogen-bond acceptors (Lipinski definition) is 4. The molecule has 0 spiro atoms. The van der Waals surface area contributed by atoms with Gasteiger partial charge in [-0.3, -0.25) is 4.79 Å². The summed E-state index contributed by atoms with van der Waals surface area (Å²) in [6.07, 6.45) is 1.66. The molecule has 1 N–H and O–H groups in total. The Kier molecular flexibility index (Phi) is 6.20. The van der Waals surface area contributed by atoms with E-state index in [1.54, 1.807) is 6.07 Å². The topological polar surface area (TPSA) is 72.2 Å². The molecule has 0 aliphatic heterocycles. The number of hydrogen-bond donors (Lipinski definition) is 1. The number of benzene rings is 2. The molecule has 0 aliphatic carbocycles. The molecule has 158 valence electrons. The van der Waals surface area contributed by atoms with Crippen molar-refractivity contribution in [3.63, 3.8) is 0 Å². The van der Waals surface area contributed by atoms with E-state index < -0.39 is 0 Å². The highest BCUT2D eigenvalue weighted by molar-refractivity contribution is 6.33. The third-order valence-corrected chi connectivity index (χ3v) is 5.78. The Morgan fingerprint density at radius 3 is 2.39 bits per heavy atom. The van der Waals surface area contributed by atoms with Crippen LogP contribution in [0.1, 0.15) is 37.3 Å². The number of fused-ring (bicyclic) bond motifs is 1. The van der Waals surface area contributed by atoms with E-state index in [0.717, 1.165) is 29.5 Å². The molecule has 31 heavy (non-hydrogen) atoms. The monoisotopic (exact) mass is 453 g/mol. The lowest BCUT2D eigenvalue weighted by Gasteiger charge is -2.14. The molecule has 0 atom stereocenters. The highest BCUT2D eigenvalue weighted by atomic mass is 35.5. The zero-order valence-electron chi connectivity index (χ0n) is 17.1. The second kappa shape index (κ2) is 9.04. The van der Waals surface area contributed by atoms with Crippen LogP contribution in [0.3, 0.4) is 0 Å². The minimum absolute atomic E-state index is 0.0660. The number of nitrogens with zero attached hydrogens (tertiary/aromatic N) is 4. The van der Waals surface area contributed by atoms with Crippen LogP contribution in [0.4, 0.5) is 0 Å². The Bertz CT molecular complexity index is 1230. The number of amides is 1. The summed E-state index contributed by atoms with van der Waals surface area (Å²) in [6, 6.07) is 16.8. The van der Waals surface area contributed by atoms with Crippen molar-refractivity contribution in [2.75, 3.05) is 0 Å². The molecule has 2 aromatic heterocycles. The van der Waals surface area contributed by atoms with Crippen LogP contribution >= 0.6 is 23.2 Å². The molecular formula is C23H21Cl2N5O. The number of carbonyl (C=O) groups excluding carboxylic acids is 1. The van der Waals surface area contributed by atoms with Gasteiger partial charge < -0.3 is 5.32 Å². The summed E-state index contributed by atoms with van der Waals surface area (Å²) in [4.78, 5) is 12.8. The fourth-order valence-electron chi connectivity index (χ4n) is 3.42. The van der Waals surface area contributed by atoms with Crippen molar-refractivity contribution < 1.29 is 4.79 Å². The maximum Gasteiger partial charge on any atom is 0.291 e. The van der Waals surface area contributed by atoms with E-state index in [9.17, 15) is 4.79 Å². The van der Waals surface area contributed by atoms with E-state index in [1.807, 2.05) is 62.4 Å². The van der Waals surface area contributed by atoms with Gasteiger partial charge in [0, 0.05) is 22.2 Å². The molecule has 4 aromatic rings. The van der Waals surface area contributed by atoms with Gasteiger partial charge in [0.1, 0.15) is 5.69 Å². The van der Waals surface area contributed by atoms with Gasteiger partial charge in [-0.1, -0.05) is 67.4 Å². The summed E-state index contributed by atoms with van der Waals surface area (Å²) >= 11 is 12.6. The van der Waals surface area contributed by atoms with Gasteiger partial charge in [0.25, 0.3) is 5.91 Å². The van der Waals surface area contributed by atoms with Crippen LogP contribution < -0.4 is 5.32 Å². The van der Waals surface area contributed by atoms with Gasteiger partial charge in [-0.05, 0) is 42.7 Å². The first-order chi connectivity index (χ1) is 15.0. The van der Waals surface area contributed by atoms with Crippen LogP contribution in [0.15, 0.2) is 54.6 Å². The zero-order valence-corrected chi connectivity index (χ0v) is 18.7. The summed E-state index contributed by atoms with van der Waals surface area (Å²) in [5, 5.41) is 17.2. The Labute approximate surface area is 190 Å². The molecule has 4 rings (SSSR count). The normalized spacial score (nSPS) is 11.3. The fourth-order valence-corrected chi connectivity index (χ4v) is 3.77. The van der Waals surface area contributed by atoms with Gasteiger partial charge >= 0.3 is 0 Å². The minimum Gasteiger partial charge on any atom is -0.347 e. The van der Waals surface area contributed by atoms with E-state index in [0.29, 0.717) is 21.4 Å². The smallest absolute Gasteiger partial charge is 0.291 e. The molecule has 0 saturated heterocycles. The number of rotatable bonds is 6. The maximum absolute atomic E-state index is 12.8. The molecule has 1 amide bonds. The maximum atomic E-state index is 12.8. The molecule has 2 heterocycles. The predicted octanol–water partition coefficient (Wildman–Crippen LogP) is 5.68. The van der Waals surface area contributed by atoms with Crippen LogP contribution in [-0.4, -0.2) is 31.8 Å². The first kappa shape index (κ1) is 21.3. The lowest BCUT2D eigenvalue weighted by Crippen LogP contribution is -2.35. The quantitative estimate of drug-likeness (QED) is 0.407. The van der Waals surface area contributed by atoms with E-state index in [2.05, 4.69) is 15.5 Å². The number of nitrogens with one attached hydrogen (secondary N) is 1. The molecule has 0 unspecified atom stereocenters. The van der Waals surface area contributed by atoms with Crippen molar-refractivity contribution in [3.8, 4) is 22.4 Å². The van der Waals surface area contributed by atoms with Crippen molar-refractivity contribution in [1.29, 1.82) is 0 Å². The minimum atomic E-state index is -0.307. The highest BCUT2D eigenvalue weighted by Crippen LogP contribution is 2.35. The van der Waals surface area contributed by atoms with Gasteiger partial charge in [-0.25, -0.2) is 0 Å². The van der Waals surface area contributed by atoms with Crippen molar-refractivity contribution in [1.82, 2.24) is 25.1 Å². The molecular weight excluding hydrogens is 433 g/mol. The predicted molar refractivity (Wildman–Crippen MR) is 124 cm³/mol. The summed E-state index contributed by atoms with van der Waals surface area (Å²) < 4.78 is 1.47. The van der Waals surface area contributed by atoms with Crippen molar-refractivity contribution in [2.45, 2.75) is 32.7 Å². The zero-order chi connectivity index (χ0) is 22.0. The molecule has 0 fully saturated rings. The van der Waals surface area contributed by atoms with Gasteiger partial charge in [-0.15, -0.1) is 10.2 Å². The number of aromatic nitrogens is 4. The first-order valence-electron chi connectivity index (χ1n) is 10.1. The molecule has 0 saturated carbocycles. The Hall–Kier alpha value is -2.96. The van der Waals surface area contributed by atoms with E-state index in [4.69, 9.17) is 28.3 Å². The van der Waals surface area contributed by atoms with Crippen LogP contribution in [0.25, 0.3) is 28.0 Å². The largest absolute Gasteiger partial charge is 0.347 e. The second-order valence-corrected chi connectivity index (χ2v) is 8.02. The second-order valence-electron chi connectivity index (χ2n) is 7.17. The molecule has 0 bridgehead atoms. The third kappa shape index (κ3) is 4.27. The van der Waals surface area contributed by atoms with Gasteiger partial charge in [0.2, 0.25) is 5.82 Å². The third-order valence-electron chi connectivity index (χ3n) is 5.20. The standard InChI is InChI=1S/C23H21Cl2N5O/c1-3-16(4-2)26-23(31)22-28-27-20-13-18(14-9-11-15(24)12-10-14)21(29-30(20)22)17-7-5-6-8-19(17)25/h5-13,16H,3-4H2,1-2H3,(H,26,31). The summed E-state index contributed by atoms with van der Waals surface area (Å²) in [6.45, 7) is 4.06. The molecule has 0 radical (unpaired) electrons. The van der Waals surface area contributed by atoms with Crippen molar-refractivity contribution >= 4 is 34.8 Å². The van der Waals surface area contributed by atoms with Crippen LogP contribution in [0.5, 0.6) is 0 Å².